The van der Waals surface area contributed by atoms with Crippen molar-refractivity contribution >= 4 is 16.1 Å². The van der Waals surface area contributed by atoms with E-state index in [1.165, 1.54) is 19.1 Å². The molecule has 0 fully saturated rings. The van der Waals surface area contributed by atoms with E-state index in [0.29, 0.717) is 0 Å². The topological polar surface area (TPSA) is 69.7 Å². The lowest BCUT2D eigenvalue weighted by molar-refractivity contribution is -0.139. The summed E-state index contributed by atoms with van der Waals surface area (Å²) in [6.07, 6.45) is 3.93. The minimum atomic E-state index is -3.39. The highest BCUT2D eigenvalue weighted by Crippen LogP contribution is 1.87. The van der Waals surface area contributed by atoms with E-state index in [9.17, 15) is 13.2 Å². The lowest BCUT2D eigenvalue weighted by atomic mass is 10.5. The fraction of sp³-hybridized carbons (Fsp3) is 0.571. The van der Waals surface area contributed by atoms with Crippen molar-refractivity contribution in [2.45, 2.75) is 6.92 Å². The van der Waals surface area contributed by atoms with Gasteiger partial charge in [-0.25, -0.2) is 0 Å². The molecule has 76 valence electrons. The minimum absolute atomic E-state index is 0.0416. The maximum Gasteiger partial charge on any atom is 0.302 e. The second kappa shape index (κ2) is 5.71. The van der Waals surface area contributed by atoms with E-state index in [1.807, 2.05) is 0 Å². The van der Waals surface area contributed by atoms with E-state index in [0.717, 1.165) is 6.26 Å². The molecular formula is C7H12O5S. The Bertz CT molecular complexity index is 277. The highest BCUT2D eigenvalue weighted by atomic mass is 32.2. The van der Waals surface area contributed by atoms with Crippen molar-refractivity contribution < 1.29 is 22.1 Å². The van der Waals surface area contributed by atoms with Crippen molar-refractivity contribution in [2.75, 3.05) is 19.5 Å². The summed E-state index contributed by atoms with van der Waals surface area (Å²) in [5, 5.41) is 0. The van der Waals surface area contributed by atoms with Crippen LogP contribution in [-0.4, -0.2) is 33.9 Å². The summed E-state index contributed by atoms with van der Waals surface area (Å²) in [6.45, 7) is 1.38. The van der Waals surface area contributed by atoms with Crippen molar-refractivity contribution in [1.82, 2.24) is 0 Å². The van der Waals surface area contributed by atoms with Gasteiger partial charge in [-0.15, -0.1) is 0 Å². The largest absolute Gasteiger partial charge is 0.462 e. The molecule has 6 heteroatoms. The van der Waals surface area contributed by atoms with Gasteiger partial charge in [0.25, 0.3) is 10.1 Å². The minimum Gasteiger partial charge on any atom is -0.462 e. The molecule has 0 saturated heterocycles. The van der Waals surface area contributed by atoms with Crippen LogP contribution in [0, 0.1) is 0 Å². The molecule has 0 N–H and O–H groups in total. The second-order valence-electron chi connectivity index (χ2n) is 2.26. The SMILES string of the molecule is CC(=O)OCC=CCOS(C)(=O)=O. The molecule has 0 amide bonds. The molecule has 0 unspecified atom stereocenters. The van der Waals surface area contributed by atoms with Crippen molar-refractivity contribution in [1.29, 1.82) is 0 Å². The fourth-order valence-corrected chi connectivity index (χ4v) is 0.790. The second-order valence-corrected chi connectivity index (χ2v) is 3.91. The van der Waals surface area contributed by atoms with Gasteiger partial charge in [0.1, 0.15) is 6.61 Å². The maximum absolute atomic E-state index is 10.4. The summed E-state index contributed by atoms with van der Waals surface area (Å²) in [5.41, 5.74) is 0. The van der Waals surface area contributed by atoms with Crippen molar-refractivity contribution in [3.63, 3.8) is 0 Å². The van der Waals surface area contributed by atoms with Crippen LogP contribution in [0.2, 0.25) is 0 Å². The van der Waals surface area contributed by atoms with Crippen LogP contribution in [-0.2, 0) is 23.8 Å². The van der Waals surface area contributed by atoms with E-state index >= 15 is 0 Å². The standard InChI is InChI=1S/C7H12O5S/c1-7(8)11-5-3-4-6-12-13(2,9)10/h3-4H,5-6H2,1-2H3. The van der Waals surface area contributed by atoms with Crippen molar-refractivity contribution in [3.05, 3.63) is 12.2 Å². The number of rotatable bonds is 5. The number of hydrogen-bond acceptors (Lipinski definition) is 5. The summed E-state index contributed by atoms with van der Waals surface area (Å²) in [6, 6.07) is 0. The summed E-state index contributed by atoms with van der Waals surface area (Å²) in [7, 11) is -3.39. The molecule has 0 saturated carbocycles. The molecule has 0 aromatic rings. The van der Waals surface area contributed by atoms with Crippen molar-refractivity contribution in [2.24, 2.45) is 0 Å². The molecule has 0 aliphatic heterocycles. The zero-order valence-electron chi connectivity index (χ0n) is 7.52. The van der Waals surface area contributed by atoms with Crippen LogP contribution < -0.4 is 0 Å². The Morgan fingerprint density at radius 1 is 1.31 bits per heavy atom. The monoisotopic (exact) mass is 208 g/mol. The van der Waals surface area contributed by atoms with Crippen LogP contribution in [0.5, 0.6) is 0 Å². The van der Waals surface area contributed by atoms with E-state index < -0.39 is 10.1 Å². The third-order valence-electron chi connectivity index (χ3n) is 0.928. The molecule has 0 rings (SSSR count). The number of carbonyl (C=O) groups is 1. The Morgan fingerprint density at radius 2 is 1.85 bits per heavy atom. The number of hydrogen-bond donors (Lipinski definition) is 0. The van der Waals surface area contributed by atoms with E-state index in [1.54, 1.807) is 0 Å². The van der Waals surface area contributed by atoms with Gasteiger partial charge in [-0.1, -0.05) is 6.08 Å². The first-order valence-corrected chi connectivity index (χ1v) is 5.36. The lowest BCUT2D eigenvalue weighted by Crippen LogP contribution is -2.02. The summed E-state index contributed by atoms with van der Waals surface area (Å²) in [5.74, 6) is -0.381. The molecule has 13 heavy (non-hydrogen) atoms. The predicted molar refractivity (Wildman–Crippen MR) is 46.6 cm³/mol. The molecule has 0 bridgehead atoms. The molecule has 0 aromatic carbocycles. The third kappa shape index (κ3) is 11.1. The van der Waals surface area contributed by atoms with Gasteiger partial charge in [0.15, 0.2) is 0 Å². The van der Waals surface area contributed by atoms with Gasteiger partial charge in [-0.3, -0.25) is 8.98 Å². The Morgan fingerprint density at radius 3 is 2.31 bits per heavy atom. The number of carbonyl (C=O) groups excluding carboxylic acids is 1. The lowest BCUT2D eigenvalue weighted by Gasteiger charge is -1.96. The van der Waals surface area contributed by atoms with Crippen LogP contribution >= 0.6 is 0 Å². The Balaban J connectivity index is 3.49. The zero-order chi connectivity index (χ0) is 10.3. The van der Waals surface area contributed by atoms with Gasteiger partial charge >= 0.3 is 5.97 Å². The average Bonchev–Trinajstić information content (AvgIpc) is 1.93. The highest BCUT2D eigenvalue weighted by molar-refractivity contribution is 7.85. The molecular weight excluding hydrogens is 196 g/mol. The molecule has 0 aliphatic carbocycles. The number of ether oxygens (including phenoxy) is 1. The zero-order valence-corrected chi connectivity index (χ0v) is 8.33. The Labute approximate surface area is 77.5 Å². The summed E-state index contributed by atoms with van der Waals surface area (Å²) < 4.78 is 29.8. The van der Waals surface area contributed by atoms with E-state index in [2.05, 4.69) is 8.92 Å². The van der Waals surface area contributed by atoms with Gasteiger partial charge in [0.2, 0.25) is 0 Å². The molecule has 0 aromatic heterocycles. The molecule has 5 nitrogen and oxygen atoms in total. The van der Waals surface area contributed by atoms with Crippen LogP contribution in [0.4, 0.5) is 0 Å². The Kier molecular flexibility index (Phi) is 5.33. The highest BCUT2D eigenvalue weighted by Gasteiger charge is 1.97. The first-order valence-electron chi connectivity index (χ1n) is 3.54. The maximum atomic E-state index is 10.4. The molecule has 0 spiro atoms. The molecule has 0 heterocycles. The first-order chi connectivity index (χ1) is 5.92. The van der Waals surface area contributed by atoms with Crippen molar-refractivity contribution in [3.8, 4) is 0 Å². The quantitative estimate of drug-likeness (QED) is 0.363. The van der Waals surface area contributed by atoms with Crippen LogP contribution in [0.25, 0.3) is 0 Å². The average molecular weight is 208 g/mol. The summed E-state index contributed by atoms with van der Waals surface area (Å²) in [4.78, 5) is 10.3. The van der Waals surface area contributed by atoms with E-state index in [4.69, 9.17) is 0 Å². The van der Waals surface area contributed by atoms with Gasteiger partial charge in [-0.2, -0.15) is 8.42 Å². The van der Waals surface area contributed by atoms with Gasteiger partial charge in [0, 0.05) is 6.92 Å². The van der Waals surface area contributed by atoms with Crippen LogP contribution in [0.3, 0.4) is 0 Å². The molecule has 0 atom stereocenters. The third-order valence-corrected chi connectivity index (χ3v) is 1.49. The first kappa shape index (κ1) is 12.1. The Hall–Kier alpha value is -0.880. The predicted octanol–water partition coefficient (Wildman–Crippen LogP) is 0.0819. The summed E-state index contributed by atoms with van der Waals surface area (Å²) >= 11 is 0. The number of esters is 1. The van der Waals surface area contributed by atoms with Crippen LogP contribution in [0.1, 0.15) is 6.92 Å². The fourth-order valence-electron chi connectivity index (χ4n) is 0.464. The van der Waals surface area contributed by atoms with Gasteiger partial charge in [0.05, 0.1) is 12.9 Å². The van der Waals surface area contributed by atoms with E-state index in [-0.39, 0.29) is 19.2 Å². The van der Waals surface area contributed by atoms with Gasteiger partial charge in [-0.05, 0) is 6.08 Å². The van der Waals surface area contributed by atoms with Gasteiger partial charge < -0.3 is 4.74 Å². The smallest absolute Gasteiger partial charge is 0.302 e. The molecule has 0 radical (unpaired) electrons. The molecule has 0 aliphatic rings. The normalized spacial score (nSPS) is 11.8. The van der Waals surface area contributed by atoms with Crippen LogP contribution in [0.15, 0.2) is 12.2 Å².